The fourth-order valence-electron chi connectivity index (χ4n) is 1.05. The van der Waals surface area contributed by atoms with E-state index in [-0.39, 0.29) is 0 Å². The SMILES string of the molecule is CCN(CC)CC#CCCOCCC#N. The molecule has 15 heavy (non-hydrogen) atoms. The summed E-state index contributed by atoms with van der Waals surface area (Å²) in [6.07, 6.45) is 1.22. The highest BCUT2D eigenvalue weighted by molar-refractivity contribution is 5.00. The summed E-state index contributed by atoms with van der Waals surface area (Å²) >= 11 is 0. The second-order valence-electron chi connectivity index (χ2n) is 3.09. The lowest BCUT2D eigenvalue weighted by molar-refractivity contribution is 0.145. The van der Waals surface area contributed by atoms with Gasteiger partial charge in [-0.05, 0) is 13.1 Å². The Labute approximate surface area is 93.0 Å². The second-order valence-corrected chi connectivity index (χ2v) is 3.09. The van der Waals surface area contributed by atoms with Crippen molar-refractivity contribution in [3.63, 3.8) is 0 Å². The molecule has 0 saturated heterocycles. The molecular weight excluding hydrogens is 188 g/mol. The van der Waals surface area contributed by atoms with Crippen molar-refractivity contribution < 1.29 is 4.74 Å². The maximum atomic E-state index is 8.26. The van der Waals surface area contributed by atoms with Gasteiger partial charge in [0, 0.05) is 6.42 Å². The third-order valence-electron chi connectivity index (χ3n) is 2.05. The third kappa shape index (κ3) is 9.28. The Morgan fingerprint density at radius 2 is 1.73 bits per heavy atom. The number of hydrogen-bond donors (Lipinski definition) is 0. The summed E-state index contributed by atoms with van der Waals surface area (Å²) in [5.74, 6) is 6.17. The van der Waals surface area contributed by atoms with Gasteiger partial charge in [0.1, 0.15) is 0 Å². The zero-order valence-electron chi connectivity index (χ0n) is 9.75. The van der Waals surface area contributed by atoms with Crippen LogP contribution in [0.4, 0.5) is 0 Å². The van der Waals surface area contributed by atoms with Crippen LogP contribution in [0.15, 0.2) is 0 Å². The van der Waals surface area contributed by atoms with Crippen LogP contribution in [-0.2, 0) is 4.74 Å². The largest absolute Gasteiger partial charge is 0.379 e. The molecule has 0 heterocycles. The van der Waals surface area contributed by atoms with Crippen molar-refractivity contribution >= 4 is 0 Å². The zero-order chi connectivity index (χ0) is 11.4. The first kappa shape index (κ1) is 14.0. The summed E-state index contributed by atoms with van der Waals surface area (Å²) in [5, 5.41) is 8.26. The Morgan fingerprint density at radius 3 is 2.33 bits per heavy atom. The second kappa shape index (κ2) is 11.0. The first-order valence-corrected chi connectivity index (χ1v) is 5.47. The summed E-state index contributed by atoms with van der Waals surface area (Å²) in [7, 11) is 0. The molecule has 0 fully saturated rings. The predicted octanol–water partition coefficient (Wildman–Crippen LogP) is 1.65. The number of ether oxygens (including phenoxy) is 1. The van der Waals surface area contributed by atoms with Crippen LogP contribution in [0, 0.1) is 23.2 Å². The van der Waals surface area contributed by atoms with Crippen molar-refractivity contribution in [1.29, 1.82) is 5.26 Å². The smallest absolute Gasteiger partial charge is 0.0645 e. The Morgan fingerprint density at radius 1 is 1.07 bits per heavy atom. The highest BCUT2D eigenvalue weighted by Crippen LogP contribution is 1.86. The van der Waals surface area contributed by atoms with E-state index in [0.717, 1.165) is 26.1 Å². The zero-order valence-corrected chi connectivity index (χ0v) is 9.75. The Hall–Kier alpha value is -1.03. The van der Waals surface area contributed by atoms with Crippen molar-refractivity contribution in [3.8, 4) is 17.9 Å². The van der Waals surface area contributed by atoms with Gasteiger partial charge in [-0.2, -0.15) is 5.26 Å². The van der Waals surface area contributed by atoms with E-state index < -0.39 is 0 Å². The van der Waals surface area contributed by atoms with E-state index >= 15 is 0 Å². The molecule has 0 radical (unpaired) electrons. The first-order valence-electron chi connectivity index (χ1n) is 5.47. The van der Waals surface area contributed by atoms with Crippen LogP contribution in [0.25, 0.3) is 0 Å². The van der Waals surface area contributed by atoms with Gasteiger partial charge < -0.3 is 4.74 Å². The Bertz CT molecular complexity index is 230. The van der Waals surface area contributed by atoms with Crippen molar-refractivity contribution in [2.24, 2.45) is 0 Å². The van der Waals surface area contributed by atoms with Crippen molar-refractivity contribution in [2.45, 2.75) is 26.7 Å². The average Bonchev–Trinajstić information content (AvgIpc) is 2.27. The summed E-state index contributed by atoms with van der Waals surface area (Å²) in [6, 6.07) is 2.03. The van der Waals surface area contributed by atoms with E-state index in [2.05, 4.69) is 30.6 Å². The maximum absolute atomic E-state index is 8.26. The Balaban J connectivity index is 3.35. The van der Waals surface area contributed by atoms with Crippen LogP contribution >= 0.6 is 0 Å². The van der Waals surface area contributed by atoms with Gasteiger partial charge >= 0.3 is 0 Å². The third-order valence-corrected chi connectivity index (χ3v) is 2.05. The van der Waals surface area contributed by atoms with Gasteiger partial charge in [-0.1, -0.05) is 25.7 Å². The van der Waals surface area contributed by atoms with Crippen molar-refractivity contribution in [1.82, 2.24) is 4.90 Å². The molecule has 0 aromatic rings. The minimum Gasteiger partial charge on any atom is -0.379 e. The molecule has 0 saturated carbocycles. The molecule has 0 spiro atoms. The number of nitriles is 1. The monoisotopic (exact) mass is 208 g/mol. The molecule has 0 aliphatic carbocycles. The van der Waals surface area contributed by atoms with Crippen molar-refractivity contribution in [3.05, 3.63) is 0 Å². The van der Waals surface area contributed by atoms with Gasteiger partial charge in [0.05, 0.1) is 32.2 Å². The molecule has 84 valence electrons. The van der Waals surface area contributed by atoms with E-state index in [1.165, 1.54) is 0 Å². The van der Waals surface area contributed by atoms with Gasteiger partial charge in [0.25, 0.3) is 0 Å². The van der Waals surface area contributed by atoms with E-state index in [4.69, 9.17) is 10.00 Å². The van der Waals surface area contributed by atoms with Gasteiger partial charge in [0.15, 0.2) is 0 Å². The molecule has 0 aliphatic rings. The number of rotatable bonds is 7. The molecule has 3 nitrogen and oxygen atoms in total. The normalized spacial score (nSPS) is 9.47. The fraction of sp³-hybridized carbons (Fsp3) is 0.750. The minimum atomic E-state index is 0.465. The molecule has 0 bridgehead atoms. The van der Waals surface area contributed by atoms with Crippen LogP contribution in [0.3, 0.4) is 0 Å². The highest BCUT2D eigenvalue weighted by Gasteiger charge is 1.92. The first-order chi connectivity index (χ1) is 7.35. The van der Waals surface area contributed by atoms with E-state index in [9.17, 15) is 0 Å². The van der Waals surface area contributed by atoms with E-state index in [1.54, 1.807) is 0 Å². The highest BCUT2D eigenvalue weighted by atomic mass is 16.5. The van der Waals surface area contributed by atoms with Crippen LogP contribution < -0.4 is 0 Å². The lowest BCUT2D eigenvalue weighted by Crippen LogP contribution is -2.22. The summed E-state index contributed by atoms with van der Waals surface area (Å²) in [4.78, 5) is 2.27. The average molecular weight is 208 g/mol. The molecule has 0 aliphatic heterocycles. The van der Waals surface area contributed by atoms with Crippen LogP contribution in [-0.4, -0.2) is 37.7 Å². The lowest BCUT2D eigenvalue weighted by Gasteiger charge is -2.13. The summed E-state index contributed by atoms with van der Waals surface area (Å²) in [5.41, 5.74) is 0. The number of nitrogens with zero attached hydrogens (tertiary/aromatic N) is 2. The topological polar surface area (TPSA) is 36.3 Å². The predicted molar refractivity (Wildman–Crippen MR) is 61.2 cm³/mol. The van der Waals surface area contributed by atoms with Gasteiger partial charge in [-0.25, -0.2) is 0 Å². The molecule has 0 unspecified atom stereocenters. The van der Waals surface area contributed by atoms with Crippen molar-refractivity contribution in [2.75, 3.05) is 32.8 Å². The van der Waals surface area contributed by atoms with Gasteiger partial charge in [-0.3, -0.25) is 4.90 Å². The number of hydrogen-bond acceptors (Lipinski definition) is 3. The van der Waals surface area contributed by atoms with E-state index in [0.29, 0.717) is 19.6 Å². The molecular formula is C12H20N2O. The standard InChI is InChI=1S/C12H20N2O/c1-3-14(4-2)10-6-5-7-11-15-12-8-9-13/h3-4,7-8,10-12H2,1-2H3. The molecule has 0 aromatic heterocycles. The van der Waals surface area contributed by atoms with Crippen LogP contribution in [0.2, 0.25) is 0 Å². The maximum Gasteiger partial charge on any atom is 0.0645 e. The molecule has 0 rings (SSSR count). The molecule has 0 N–H and O–H groups in total. The fourth-order valence-corrected chi connectivity index (χ4v) is 1.05. The minimum absolute atomic E-state index is 0.465. The van der Waals surface area contributed by atoms with Crippen LogP contribution in [0.5, 0.6) is 0 Å². The molecule has 3 heteroatoms. The molecule has 0 aromatic carbocycles. The Kier molecular flexibility index (Phi) is 10.3. The van der Waals surface area contributed by atoms with Crippen LogP contribution in [0.1, 0.15) is 26.7 Å². The van der Waals surface area contributed by atoms with Gasteiger partial charge in [-0.15, -0.1) is 0 Å². The molecule has 0 amide bonds. The summed E-state index contributed by atoms with van der Waals surface area (Å²) in [6.45, 7) is 8.35. The van der Waals surface area contributed by atoms with Gasteiger partial charge in [0.2, 0.25) is 0 Å². The molecule has 0 atom stereocenters. The summed E-state index contributed by atoms with van der Waals surface area (Å²) < 4.78 is 5.20. The quantitative estimate of drug-likeness (QED) is 0.471. The lowest BCUT2D eigenvalue weighted by atomic mass is 10.4. The van der Waals surface area contributed by atoms with E-state index in [1.807, 2.05) is 6.07 Å².